The second-order valence-electron chi connectivity index (χ2n) is 4.38. The Morgan fingerprint density at radius 2 is 2.12 bits per heavy atom. The molecule has 5 nitrogen and oxygen atoms in total. The molecule has 0 fully saturated rings. The van der Waals surface area contributed by atoms with E-state index in [-0.39, 0.29) is 11.5 Å². The first-order valence-corrected chi connectivity index (χ1v) is 7.60. The lowest BCUT2D eigenvalue weighted by Crippen LogP contribution is -2.22. The average molecular weight is 255 g/mol. The minimum absolute atomic E-state index is 0.0569. The zero-order valence-electron chi connectivity index (χ0n) is 9.94. The molecule has 1 aromatic heterocycles. The van der Waals surface area contributed by atoms with Crippen molar-refractivity contribution in [1.29, 1.82) is 0 Å². The summed E-state index contributed by atoms with van der Waals surface area (Å²) in [6.07, 6.45) is 2.08. The van der Waals surface area contributed by atoms with Gasteiger partial charge in [-0.25, -0.2) is 18.4 Å². The highest BCUT2D eigenvalue weighted by Crippen LogP contribution is 2.21. The molecule has 1 aliphatic heterocycles. The lowest BCUT2D eigenvalue weighted by atomic mass is 10.1. The third kappa shape index (κ3) is 2.81. The Morgan fingerprint density at radius 3 is 2.82 bits per heavy atom. The molecule has 0 saturated carbocycles. The van der Waals surface area contributed by atoms with E-state index in [0.29, 0.717) is 30.9 Å². The first kappa shape index (κ1) is 12.4. The van der Waals surface area contributed by atoms with Gasteiger partial charge in [0.1, 0.15) is 5.82 Å². The molecule has 0 bridgehead atoms. The molecule has 2 N–H and O–H groups in total. The maximum atomic E-state index is 11.6. The van der Waals surface area contributed by atoms with Crippen LogP contribution in [0.3, 0.4) is 0 Å². The number of aryl methyl sites for hydroxylation is 2. The number of rotatable bonds is 3. The predicted molar refractivity (Wildman–Crippen MR) is 65.3 cm³/mol. The van der Waals surface area contributed by atoms with Crippen LogP contribution in [0.2, 0.25) is 0 Å². The van der Waals surface area contributed by atoms with E-state index in [1.165, 1.54) is 0 Å². The van der Waals surface area contributed by atoms with Crippen LogP contribution < -0.4 is 5.73 Å². The van der Waals surface area contributed by atoms with Gasteiger partial charge in [0, 0.05) is 12.1 Å². The summed E-state index contributed by atoms with van der Waals surface area (Å²) in [5, 5.41) is 0. The van der Waals surface area contributed by atoms with Gasteiger partial charge in [-0.1, -0.05) is 0 Å². The molecular weight excluding hydrogens is 238 g/mol. The first-order chi connectivity index (χ1) is 8.02. The van der Waals surface area contributed by atoms with Gasteiger partial charge in [-0.05, 0) is 31.9 Å². The molecule has 2 rings (SSSR count). The van der Waals surface area contributed by atoms with Gasteiger partial charge in [-0.3, -0.25) is 0 Å². The van der Waals surface area contributed by atoms with Crippen LogP contribution in [0.1, 0.15) is 29.2 Å². The number of nitrogens with zero attached hydrogens (tertiary/aromatic N) is 2. The summed E-state index contributed by atoms with van der Waals surface area (Å²) in [6, 6.07) is 0. The Kier molecular flexibility index (Phi) is 3.44. The third-order valence-electron chi connectivity index (χ3n) is 2.97. The normalized spacial score (nSPS) is 17.8. The van der Waals surface area contributed by atoms with Crippen molar-refractivity contribution in [2.24, 2.45) is 5.73 Å². The van der Waals surface area contributed by atoms with Gasteiger partial charge in [-0.2, -0.15) is 0 Å². The molecule has 17 heavy (non-hydrogen) atoms. The van der Waals surface area contributed by atoms with Crippen molar-refractivity contribution in [1.82, 2.24) is 9.97 Å². The van der Waals surface area contributed by atoms with Crippen molar-refractivity contribution in [3.05, 3.63) is 22.8 Å². The van der Waals surface area contributed by atoms with Crippen molar-refractivity contribution >= 4 is 9.84 Å². The Hall–Kier alpha value is -1.01. The van der Waals surface area contributed by atoms with Crippen LogP contribution >= 0.6 is 0 Å². The fraction of sp³-hybridized carbons (Fsp3) is 0.636. The van der Waals surface area contributed by atoms with Gasteiger partial charge in [0.25, 0.3) is 0 Å². The van der Waals surface area contributed by atoms with Crippen molar-refractivity contribution in [2.45, 2.75) is 31.9 Å². The van der Waals surface area contributed by atoms with E-state index < -0.39 is 9.84 Å². The quantitative estimate of drug-likeness (QED) is 0.830. The van der Waals surface area contributed by atoms with Crippen LogP contribution in [0.25, 0.3) is 0 Å². The SMILES string of the molecule is Cc1nc(CCCN)nc2c1CCS(=O)(=O)C2. The minimum Gasteiger partial charge on any atom is -0.330 e. The van der Waals surface area contributed by atoms with E-state index in [1.807, 2.05) is 6.92 Å². The zero-order valence-corrected chi connectivity index (χ0v) is 10.8. The molecule has 94 valence electrons. The van der Waals surface area contributed by atoms with Crippen molar-refractivity contribution in [3.8, 4) is 0 Å². The molecule has 1 aliphatic rings. The number of sulfone groups is 1. The van der Waals surface area contributed by atoms with Gasteiger partial charge in [0.15, 0.2) is 9.84 Å². The molecule has 6 heteroatoms. The lowest BCUT2D eigenvalue weighted by Gasteiger charge is -2.17. The van der Waals surface area contributed by atoms with Gasteiger partial charge in [0.05, 0.1) is 17.2 Å². The molecular formula is C11H17N3O2S. The topological polar surface area (TPSA) is 85.9 Å². The number of nitrogens with two attached hydrogens (primary N) is 1. The van der Waals surface area contributed by atoms with E-state index in [4.69, 9.17) is 5.73 Å². The van der Waals surface area contributed by atoms with Crippen LogP contribution in [0.4, 0.5) is 0 Å². The Balaban J connectivity index is 2.35. The Labute approximate surface area is 101 Å². The van der Waals surface area contributed by atoms with Crippen LogP contribution in [-0.2, 0) is 28.4 Å². The summed E-state index contributed by atoms with van der Waals surface area (Å²) in [7, 11) is -2.97. The third-order valence-corrected chi connectivity index (χ3v) is 4.51. The van der Waals surface area contributed by atoms with E-state index >= 15 is 0 Å². The van der Waals surface area contributed by atoms with Gasteiger partial charge in [0.2, 0.25) is 0 Å². The summed E-state index contributed by atoms with van der Waals surface area (Å²) in [4.78, 5) is 8.77. The highest BCUT2D eigenvalue weighted by Gasteiger charge is 2.24. The molecule has 0 amide bonds. The van der Waals surface area contributed by atoms with Crippen LogP contribution in [0.5, 0.6) is 0 Å². The predicted octanol–water partition coefficient (Wildman–Crippen LogP) is 0.147. The lowest BCUT2D eigenvalue weighted by molar-refractivity contribution is 0.589. The molecule has 1 aromatic rings. The summed E-state index contributed by atoms with van der Waals surface area (Å²) < 4.78 is 23.1. The first-order valence-electron chi connectivity index (χ1n) is 5.77. The largest absolute Gasteiger partial charge is 0.330 e. The fourth-order valence-electron chi connectivity index (χ4n) is 2.07. The molecule has 0 spiro atoms. The standard InChI is InChI=1S/C11H17N3O2S/c1-8-9-4-6-17(15,16)7-10(9)14-11(13-8)3-2-5-12/h2-7,12H2,1H3. The number of fused-ring (bicyclic) bond motifs is 1. The molecule has 0 saturated heterocycles. The summed E-state index contributed by atoms with van der Waals surface area (Å²) in [6.45, 7) is 2.52. The van der Waals surface area contributed by atoms with E-state index in [0.717, 1.165) is 17.7 Å². The van der Waals surface area contributed by atoms with Gasteiger partial charge < -0.3 is 5.73 Å². The van der Waals surface area contributed by atoms with Crippen molar-refractivity contribution in [3.63, 3.8) is 0 Å². The van der Waals surface area contributed by atoms with Crippen LogP contribution in [0.15, 0.2) is 0 Å². The number of hydrogen-bond donors (Lipinski definition) is 1. The summed E-state index contributed by atoms with van der Waals surface area (Å²) in [5.74, 6) is 0.983. The second kappa shape index (κ2) is 4.70. The zero-order chi connectivity index (χ0) is 12.5. The Bertz CT molecular complexity index is 526. The molecule has 0 unspecified atom stereocenters. The van der Waals surface area contributed by atoms with Gasteiger partial charge >= 0.3 is 0 Å². The Morgan fingerprint density at radius 1 is 1.35 bits per heavy atom. The summed E-state index contributed by atoms with van der Waals surface area (Å²) >= 11 is 0. The number of aromatic nitrogens is 2. The maximum Gasteiger partial charge on any atom is 0.156 e. The smallest absolute Gasteiger partial charge is 0.156 e. The average Bonchev–Trinajstić information content (AvgIpc) is 2.24. The highest BCUT2D eigenvalue weighted by molar-refractivity contribution is 7.90. The summed E-state index contributed by atoms with van der Waals surface area (Å²) in [5.41, 5.74) is 8.06. The van der Waals surface area contributed by atoms with E-state index in [9.17, 15) is 8.42 Å². The van der Waals surface area contributed by atoms with Crippen molar-refractivity contribution in [2.75, 3.05) is 12.3 Å². The van der Waals surface area contributed by atoms with Crippen LogP contribution in [-0.4, -0.2) is 30.7 Å². The minimum atomic E-state index is -2.97. The van der Waals surface area contributed by atoms with E-state index in [2.05, 4.69) is 9.97 Å². The molecule has 0 radical (unpaired) electrons. The van der Waals surface area contributed by atoms with E-state index in [1.54, 1.807) is 0 Å². The van der Waals surface area contributed by atoms with Gasteiger partial charge in [-0.15, -0.1) is 0 Å². The molecule has 0 aliphatic carbocycles. The van der Waals surface area contributed by atoms with Crippen LogP contribution in [0, 0.1) is 6.92 Å². The molecule has 2 heterocycles. The molecule has 0 aromatic carbocycles. The van der Waals surface area contributed by atoms with Crippen molar-refractivity contribution < 1.29 is 8.42 Å². The highest BCUT2D eigenvalue weighted by atomic mass is 32.2. The maximum absolute atomic E-state index is 11.6. The number of hydrogen-bond acceptors (Lipinski definition) is 5. The molecule has 0 atom stereocenters. The second-order valence-corrected chi connectivity index (χ2v) is 6.57. The monoisotopic (exact) mass is 255 g/mol. The fourth-order valence-corrected chi connectivity index (χ4v) is 3.39.